The molecule has 1 amide bonds. The zero-order chi connectivity index (χ0) is 16.4. The van der Waals surface area contributed by atoms with Crippen molar-refractivity contribution in [2.24, 2.45) is 0 Å². The maximum Gasteiger partial charge on any atom is 0.246 e. The average Bonchev–Trinajstić information content (AvgIpc) is 2.25. The lowest BCUT2D eigenvalue weighted by atomic mass is 10.1. The Bertz CT molecular complexity index is 641. The molecule has 1 aromatic carbocycles. The standard InChI is InChI=1S/C13H18BrFN2O3S/c1-13(2,3)16-12(18)8-17(4)21(19,20)11-6-5-9(14)7-10(11)15/h5-7H,8H2,1-4H3,(H,16,18). The van der Waals surface area contributed by atoms with Crippen LogP contribution in [0.1, 0.15) is 20.8 Å². The summed E-state index contributed by atoms with van der Waals surface area (Å²) >= 11 is 3.06. The van der Waals surface area contributed by atoms with E-state index in [9.17, 15) is 17.6 Å². The molecule has 0 atom stereocenters. The lowest BCUT2D eigenvalue weighted by Crippen LogP contribution is -2.46. The Hall–Kier alpha value is -0.990. The maximum atomic E-state index is 13.8. The highest BCUT2D eigenvalue weighted by atomic mass is 79.9. The van der Waals surface area contributed by atoms with Crippen LogP contribution in [0.5, 0.6) is 0 Å². The molecule has 0 fully saturated rings. The first-order valence-corrected chi connectivity index (χ1v) is 8.39. The van der Waals surface area contributed by atoms with Crippen LogP contribution in [0.25, 0.3) is 0 Å². The first kappa shape index (κ1) is 18.1. The maximum absolute atomic E-state index is 13.8. The van der Waals surface area contributed by atoms with Crippen molar-refractivity contribution in [2.45, 2.75) is 31.2 Å². The van der Waals surface area contributed by atoms with Crippen molar-refractivity contribution in [3.8, 4) is 0 Å². The number of hydrogen-bond acceptors (Lipinski definition) is 3. The van der Waals surface area contributed by atoms with E-state index in [2.05, 4.69) is 21.2 Å². The van der Waals surface area contributed by atoms with Gasteiger partial charge in [0.1, 0.15) is 10.7 Å². The number of rotatable bonds is 4. The quantitative estimate of drug-likeness (QED) is 0.869. The van der Waals surface area contributed by atoms with Crippen LogP contribution in [0.15, 0.2) is 27.6 Å². The Kier molecular flexibility index (Phi) is 5.51. The fourth-order valence-corrected chi connectivity index (χ4v) is 3.10. The molecular weight excluding hydrogens is 363 g/mol. The lowest BCUT2D eigenvalue weighted by molar-refractivity contribution is -0.122. The second-order valence-corrected chi connectivity index (χ2v) is 8.56. The molecule has 0 saturated carbocycles. The van der Waals surface area contributed by atoms with E-state index in [0.717, 1.165) is 16.4 Å². The summed E-state index contributed by atoms with van der Waals surface area (Å²) in [6.07, 6.45) is 0. The van der Waals surface area contributed by atoms with Crippen molar-refractivity contribution in [2.75, 3.05) is 13.6 Å². The molecule has 1 N–H and O–H groups in total. The summed E-state index contributed by atoms with van der Waals surface area (Å²) in [4.78, 5) is 11.3. The number of carbonyl (C=O) groups is 1. The number of sulfonamides is 1. The van der Waals surface area contributed by atoms with Gasteiger partial charge in [-0.2, -0.15) is 4.31 Å². The molecule has 0 radical (unpaired) electrons. The second-order valence-electron chi connectivity index (χ2n) is 5.63. The lowest BCUT2D eigenvalue weighted by Gasteiger charge is -2.23. The highest BCUT2D eigenvalue weighted by Gasteiger charge is 2.27. The summed E-state index contributed by atoms with van der Waals surface area (Å²) in [7, 11) is -2.83. The first-order chi connectivity index (χ1) is 9.43. The van der Waals surface area contributed by atoms with Gasteiger partial charge in [-0.25, -0.2) is 12.8 Å². The number of hydrogen-bond donors (Lipinski definition) is 1. The monoisotopic (exact) mass is 380 g/mol. The van der Waals surface area contributed by atoms with Gasteiger partial charge in [-0.15, -0.1) is 0 Å². The van der Waals surface area contributed by atoms with Crippen LogP contribution in [-0.4, -0.2) is 37.8 Å². The highest BCUT2D eigenvalue weighted by molar-refractivity contribution is 9.10. The van der Waals surface area contributed by atoms with Crippen LogP contribution in [-0.2, 0) is 14.8 Å². The van der Waals surface area contributed by atoms with Crippen molar-refractivity contribution in [3.63, 3.8) is 0 Å². The van der Waals surface area contributed by atoms with Crippen LogP contribution >= 0.6 is 15.9 Å². The normalized spacial score (nSPS) is 12.5. The number of carbonyl (C=O) groups excluding carboxylic acids is 1. The van der Waals surface area contributed by atoms with Crippen molar-refractivity contribution < 1.29 is 17.6 Å². The fraction of sp³-hybridized carbons (Fsp3) is 0.462. The van der Waals surface area contributed by atoms with Gasteiger partial charge in [-0.3, -0.25) is 4.79 Å². The Balaban J connectivity index is 2.95. The largest absolute Gasteiger partial charge is 0.350 e. The molecule has 8 heteroatoms. The topological polar surface area (TPSA) is 66.5 Å². The van der Waals surface area contributed by atoms with E-state index >= 15 is 0 Å². The van der Waals surface area contributed by atoms with Crippen LogP contribution in [0.4, 0.5) is 4.39 Å². The van der Waals surface area contributed by atoms with Crippen LogP contribution < -0.4 is 5.32 Å². The molecule has 21 heavy (non-hydrogen) atoms. The van der Waals surface area contributed by atoms with E-state index in [1.807, 2.05) is 0 Å². The minimum Gasteiger partial charge on any atom is -0.350 e. The predicted molar refractivity (Wildman–Crippen MR) is 81.8 cm³/mol. The number of benzene rings is 1. The Morgan fingerprint density at radius 2 is 1.95 bits per heavy atom. The highest BCUT2D eigenvalue weighted by Crippen LogP contribution is 2.21. The molecule has 0 heterocycles. The van der Waals surface area contributed by atoms with Crippen LogP contribution in [0, 0.1) is 5.82 Å². The van der Waals surface area contributed by atoms with E-state index < -0.39 is 32.2 Å². The minimum atomic E-state index is -4.06. The number of halogens is 2. The van der Waals surface area contributed by atoms with Gasteiger partial charge in [-0.1, -0.05) is 15.9 Å². The van der Waals surface area contributed by atoms with Crippen molar-refractivity contribution in [1.29, 1.82) is 0 Å². The molecule has 0 aromatic heterocycles. The van der Waals surface area contributed by atoms with E-state index in [1.54, 1.807) is 20.8 Å². The Labute approximate surface area is 132 Å². The first-order valence-electron chi connectivity index (χ1n) is 6.16. The number of nitrogens with one attached hydrogen (secondary N) is 1. The predicted octanol–water partition coefficient (Wildman–Crippen LogP) is 2.12. The van der Waals surface area contributed by atoms with Crippen molar-refractivity contribution in [1.82, 2.24) is 9.62 Å². The Morgan fingerprint density at radius 1 is 1.38 bits per heavy atom. The Morgan fingerprint density at radius 3 is 2.43 bits per heavy atom. The third-order valence-corrected chi connectivity index (χ3v) is 4.79. The molecule has 0 saturated heterocycles. The molecule has 0 aliphatic rings. The molecule has 118 valence electrons. The minimum absolute atomic E-state index is 0.380. The summed E-state index contributed by atoms with van der Waals surface area (Å²) in [6, 6.07) is 3.65. The van der Waals surface area contributed by atoms with Gasteiger partial charge in [-0.05, 0) is 39.0 Å². The number of likely N-dealkylation sites (N-methyl/N-ethyl adjacent to an activating group) is 1. The smallest absolute Gasteiger partial charge is 0.246 e. The second kappa shape index (κ2) is 6.41. The molecule has 0 bridgehead atoms. The fourth-order valence-electron chi connectivity index (χ4n) is 1.60. The molecule has 5 nitrogen and oxygen atoms in total. The summed E-state index contributed by atoms with van der Waals surface area (Å²) in [5.74, 6) is -1.32. The van der Waals surface area contributed by atoms with Gasteiger partial charge in [0, 0.05) is 17.1 Å². The third kappa shape index (κ3) is 5.05. The van der Waals surface area contributed by atoms with Crippen molar-refractivity contribution >= 4 is 31.9 Å². The van der Waals surface area contributed by atoms with Gasteiger partial charge < -0.3 is 5.32 Å². The molecule has 0 aliphatic carbocycles. The van der Waals surface area contributed by atoms with E-state index in [-0.39, 0.29) is 6.54 Å². The zero-order valence-electron chi connectivity index (χ0n) is 12.3. The van der Waals surface area contributed by atoms with Crippen LogP contribution in [0.3, 0.4) is 0 Å². The van der Waals surface area contributed by atoms with E-state index in [4.69, 9.17) is 0 Å². The molecule has 0 spiro atoms. The summed E-state index contributed by atoms with van der Waals surface area (Å²) in [5, 5.41) is 2.65. The van der Waals surface area contributed by atoms with E-state index in [0.29, 0.717) is 4.47 Å². The third-order valence-electron chi connectivity index (χ3n) is 2.46. The summed E-state index contributed by atoms with van der Waals surface area (Å²) in [5.41, 5.74) is -0.468. The van der Waals surface area contributed by atoms with Gasteiger partial charge >= 0.3 is 0 Å². The SMILES string of the molecule is CN(CC(=O)NC(C)(C)C)S(=O)(=O)c1ccc(Br)cc1F. The van der Waals surface area contributed by atoms with Gasteiger partial charge in [0.15, 0.2) is 0 Å². The van der Waals surface area contributed by atoms with E-state index in [1.165, 1.54) is 13.1 Å². The zero-order valence-corrected chi connectivity index (χ0v) is 14.7. The molecule has 0 aliphatic heterocycles. The summed E-state index contributed by atoms with van der Waals surface area (Å²) in [6.45, 7) is 4.98. The summed E-state index contributed by atoms with van der Waals surface area (Å²) < 4.78 is 39.5. The molecule has 1 aromatic rings. The van der Waals surface area contributed by atoms with Gasteiger partial charge in [0.2, 0.25) is 15.9 Å². The molecular formula is C13H18BrFN2O3S. The van der Waals surface area contributed by atoms with Crippen molar-refractivity contribution in [3.05, 3.63) is 28.5 Å². The van der Waals surface area contributed by atoms with Gasteiger partial charge in [0.05, 0.1) is 6.54 Å². The van der Waals surface area contributed by atoms with Crippen LogP contribution in [0.2, 0.25) is 0 Å². The number of nitrogens with zero attached hydrogens (tertiary/aromatic N) is 1. The van der Waals surface area contributed by atoms with Gasteiger partial charge in [0.25, 0.3) is 0 Å². The molecule has 0 unspecified atom stereocenters. The number of amides is 1. The average molecular weight is 381 g/mol. The molecule has 1 rings (SSSR count).